The van der Waals surface area contributed by atoms with E-state index in [1.807, 2.05) is 0 Å². The lowest BCUT2D eigenvalue weighted by Gasteiger charge is -2.10. The Balaban J connectivity index is 2.52. The lowest BCUT2D eigenvalue weighted by Crippen LogP contribution is -2.19. The molecular formula is C16H8Cl2O11S2. The molecule has 2 aromatic carbocycles. The summed E-state index contributed by atoms with van der Waals surface area (Å²) < 4.78 is 69.1. The fourth-order valence-electron chi connectivity index (χ4n) is 2.25. The van der Waals surface area contributed by atoms with Crippen LogP contribution in [0.25, 0.3) is 0 Å². The molecule has 0 aliphatic carbocycles. The van der Waals surface area contributed by atoms with Gasteiger partial charge < -0.3 is 4.74 Å². The number of benzene rings is 2. The van der Waals surface area contributed by atoms with Crippen molar-refractivity contribution in [2.75, 3.05) is 0 Å². The van der Waals surface area contributed by atoms with Crippen molar-refractivity contribution < 1.29 is 49.9 Å². The molecule has 0 bridgehead atoms. The average molecular weight is 511 g/mol. The van der Waals surface area contributed by atoms with Crippen molar-refractivity contribution in [1.29, 1.82) is 0 Å². The number of halogens is 2. The average Bonchev–Trinajstić information content (AvgIpc) is 2.65. The van der Waals surface area contributed by atoms with E-state index in [2.05, 4.69) is 4.74 Å². The maximum absolute atomic E-state index is 12.3. The molecule has 0 spiro atoms. The maximum atomic E-state index is 12.3. The van der Waals surface area contributed by atoms with Gasteiger partial charge in [0, 0.05) is 11.1 Å². The second kappa shape index (κ2) is 8.82. The summed E-state index contributed by atoms with van der Waals surface area (Å²) in [6, 6.07) is 4.33. The Hall–Kier alpha value is -2.68. The zero-order valence-corrected chi connectivity index (χ0v) is 17.8. The van der Waals surface area contributed by atoms with Crippen molar-refractivity contribution in [3.63, 3.8) is 0 Å². The normalized spacial score (nSPS) is 11.6. The van der Waals surface area contributed by atoms with E-state index >= 15 is 0 Å². The van der Waals surface area contributed by atoms with Gasteiger partial charge in [0.25, 0.3) is 30.7 Å². The third kappa shape index (κ3) is 5.72. The molecule has 0 radical (unpaired) electrons. The van der Waals surface area contributed by atoms with Gasteiger partial charge in [-0.2, -0.15) is 16.8 Å². The Morgan fingerprint density at radius 3 is 1.26 bits per heavy atom. The molecule has 0 aliphatic rings. The van der Waals surface area contributed by atoms with Crippen LogP contribution in [0.4, 0.5) is 0 Å². The Bertz CT molecular complexity index is 1240. The number of rotatable bonds is 6. The first kappa shape index (κ1) is 24.6. The molecule has 11 nitrogen and oxygen atoms in total. The molecule has 164 valence electrons. The van der Waals surface area contributed by atoms with Crippen molar-refractivity contribution in [3.05, 3.63) is 58.7 Å². The number of carbonyl (C=O) groups is 4. The summed E-state index contributed by atoms with van der Waals surface area (Å²) in [4.78, 5) is 44.7. The molecule has 15 heteroatoms. The molecule has 2 N–H and O–H groups in total. The summed E-state index contributed by atoms with van der Waals surface area (Å²) in [6.07, 6.45) is 0. The second-order valence-electron chi connectivity index (χ2n) is 5.60. The number of ether oxygens (including phenoxy) is 1. The first-order valence-corrected chi connectivity index (χ1v) is 11.2. The molecule has 0 heterocycles. The van der Waals surface area contributed by atoms with Gasteiger partial charge in [-0.25, -0.2) is 9.59 Å². The topological polar surface area (TPSA) is 186 Å². The van der Waals surface area contributed by atoms with E-state index < -0.39 is 74.7 Å². The zero-order chi connectivity index (χ0) is 23.7. The SMILES string of the molecule is O=C(Cl)c1ccc(C(=O)OC(=O)c2ccc(C(=O)Cl)cc2S(=O)(=O)O)c(S(=O)(=O)O)c1. The van der Waals surface area contributed by atoms with E-state index in [4.69, 9.17) is 23.2 Å². The summed E-state index contributed by atoms with van der Waals surface area (Å²) in [5.74, 6) is -3.32. The minimum Gasteiger partial charge on any atom is -0.386 e. The van der Waals surface area contributed by atoms with Crippen molar-refractivity contribution in [1.82, 2.24) is 0 Å². The molecule has 0 aromatic heterocycles. The first-order valence-electron chi connectivity index (χ1n) is 7.52. The van der Waals surface area contributed by atoms with Crippen LogP contribution in [0.15, 0.2) is 46.2 Å². The van der Waals surface area contributed by atoms with Crippen LogP contribution in [-0.2, 0) is 25.0 Å². The van der Waals surface area contributed by atoms with Gasteiger partial charge in [0.05, 0.1) is 11.1 Å². The van der Waals surface area contributed by atoms with Crippen LogP contribution in [-0.4, -0.2) is 48.4 Å². The molecular weight excluding hydrogens is 503 g/mol. The van der Waals surface area contributed by atoms with E-state index in [-0.39, 0.29) is 0 Å². The van der Waals surface area contributed by atoms with Gasteiger partial charge in [-0.1, -0.05) is 0 Å². The standard InChI is InChI=1S/C16H8Cl2O11S2/c17-13(19)7-1-3-9(11(5-7)30(23,24)25)15(21)29-16(22)10-4-2-8(14(18)20)6-12(10)31(26,27)28/h1-6H,(H,23,24,25)(H,26,27,28). The quantitative estimate of drug-likeness (QED) is 0.250. The van der Waals surface area contributed by atoms with Gasteiger partial charge in [0.2, 0.25) is 0 Å². The van der Waals surface area contributed by atoms with Gasteiger partial charge in [0.15, 0.2) is 0 Å². The predicted molar refractivity (Wildman–Crippen MR) is 103 cm³/mol. The highest BCUT2D eigenvalue weighted by Crippen LogP contribution is 2.23. The summed E-state index contributed by atoms with van der Waals surface area (Å²) in [6.45, 7) is 0. The van der Waals surface area contributed by atoms with Crippen molar-refractivity contribution in [3.8, 4) is 0 Å². The molecule has 0 amide bonds. The van der Waals surface area contributed by atoms with Crippen LogP contribution in [0.2, 0.25) is 0 Å². The van der Waals surface area contributed by atoms with Crippen LogP contribution < -0.4 is 0 Å². The van der Waals surface area contributed by atoms with Crippen molar-refractivity contribution >= 4 is 65.9 Å². The largest absolute Gasteiger partial charge is 0.386 e. The summed E-state index contributed by atoms with van der Waals surface area (Å²) in [5, 5.41) is -2.24. The molecule has 0 aliphatic heterocycles. The smallest absolute Gasteiger partial charge is 0.347 e. The monoisotopic (exact) mass is 510 g/mol. The Morgan fingerprint density at radius 1 is 0.677 bits per heavy atom. The van der Waals surface area contributed by atoms with Crippen LogP contribution in [0.1, 0.15) is 41.4 Å². The molecule has 0 saturated heterocycles. The third-order valence-electron chi connectivity index (χ3n) is 3.60. The fourth-order valence-corrected chi connectivity index (χ4v) is 3.89. The second-order valence-corrected chi connectivity index (χ2v) is 9.06. The lowest BCUT2D eigenvalue weighted by molar-refractivity contribution is 0.0391. The highest BCUT2D eigenvalue weighted by Gasteiger charge is 2.28. The summed E-state index contributed by atoms with van der Waals surface area (Å²) >= 11 is 10.4. The number of hydrogen-bond acceptors (Lipinski definition) is 9. The number of esters is 2. The van der Waals surface area contributed by atoms with E-state index in [1.54, 1.807) is 0 Å². The Morgan fingerprint density at radius 2 is 1.00 bits per heavy atom. The molecule has 0 atom stereocenters. The fraction of sp³-hybridized carbons (Fsp3) is 0. The van der Waals surface area contributed by atoms with Gasteiger partial charge in [0.1, 0.15) is 9.79 Å². The molecule has 0 fully saturated rings. The van der Waals surface area contributed by atoms with E-state index in [1.165, 1.54) is 0 Å². The third-order valence-corrected chi connectivity index (χ3v) is 5.82. The highest BCUT2D eigenvalue weighted by atomic mass is 35.5. The van der Waals surface area contributed by atoms with E-state index in [0.29, 0.717) is 24.3 Å². The summed E-state index contributed by atoms with van der Waals surface area (Å²) in [5.41, 5.74) is -2.60. The molecule has 2 aromatic rings. The van der Waals surface area contributed by atoms with Crippen molar-refractivity contribution in [2.24, 2.45) is 0 Å². The summed E-state index contributed by atoms with van der Waals surface area (Å²) in [7, 11) is -10.2. The van der Waals surface area contributed by atoms with Crippen molar-refractivity contribution in [2.45, 2.75) is 9.79 Å². The van der Waals surface area contributed by atoms with Gasteiger partial charge >= 0.3 is 11.9 Å². The maximum Gasteiger partial charge on any atom is 0.347 e. The Kier molecular flexibility index (Phi) is 7.00. The van der Waals surface area contributed by atoms with Crippen LogP contribution in [0.5, 0.6) is 0 Å². The molecule has 0 unspecified atom stereocenters. The van der Waals surface area contributed by atoms with Crippen LogP contribution in [0, 0.1) is 0 Å². The number of carbonyl (C=O) groups excluding carboxylic acids is 4. The minimum atomic E-state index is -5.09. The number of hydrogen-bond donors (Lipinski definition) is 2. The van der Waals surface area contributed by atoms with E-state index in [9.17, 15) is 45.1 Å². The molecule has 31 heavy (non-hydrogen) atoms. The van der Waals surface area contributed by atoms with Crippen LogP contribution >= 0.6 is 23.2 Å². The highest BCUT2D eigenvalue weighted by molar-refractivity contribution is 7.86. The van der Waals surface area contributed by atoms with Crippen LogP contribution in [0.3, 0.4) is 0 Å². The zero-order valence-electron chi connectivity index (χ0n) is 14.6. The van der Waals surface area contributed by atoms with Gasteiger partial charge in [-0.15, -0.1) is 0 Å². The Labute approximate surface area is 184 Å². The van der Waals surface area contributed by atoms with E-state index in [0.717, 1.165) is 12.1 Å². The first-order chi connectivity index (χ1) is 14.1. The predicted octanol–water partition coefficient (Wildman–Crippen LogP) is 1.94. The molecule has 2 rings (SSSR count). The van der Waals surface area contributed by atoms with Gasteiger partial charge in [-0.3, -0.25) is 18.7 Å². The lowest BCUT2D eigenvalue weighted by atomic mass is 10.1. The minimum absolute atomic E-state index is 0.410. The molecule has 0 saturated carbocycles. The van der Waals surface area contributed by atoms with Gasteiger partial charge in [-0.05, 0) is 59.6 Å².